The summed E-state index contributed by atoms with van der Waals surface area (Å²) in [5.41, 5.74) is 14.4. The molecule has 1 heterocycles. The number of nitrogens with zero attached hydrogens (tertiary/aromatic N) is 1. The third-order valence-corrected chi connectivity index (χ3v) is 11.5. The first-order chi connectivity index (χ1) is 28.8. The minimum absolute atomic E-state index is 0.897. The third-order valence-electron chi connectivity index (χ3n) is 11.5. The van der Waals surface area contributed by atoms with Crippen LogP contribution in [-0.4, -0.2) is 0 Å². The fraction of sp³-hybridized carbons (Fsp3) is 0. The molecule has 2 heteroatoms. The average molecular weight is 740 g/mol. The Morgan fingerprint density at radius 1 is 0.310 bits per heavy atom. The second kappa shape index (κ2) is 14.1. The molecule has 0 bridgehead atoms. The maximum Gasteiger partial charge on any atom is 0.136 e. The predicted octanol–water partition coefficient (Wildman–Crippen LogP) is 16.0. The number of rotatable bonds is 7. The molecule has 0 N–H and O–H groups in total. The van der Waals surface area contributed by atoms with Crippen molar-refractivity contribution in [1.82, 2.24) is 0 Å². The highest BCUT2D eigenvalue weighted by Gasteiger charge is 2.22. The number of furan rings is 1. The summed E-state index contributed by atoms with van der Waals surface area (Å²) in [4.78, 5) is 2.42. The molecule has 11 aromatic rings. The summed E-state index contributed by atoms with van der Waals surface area (Å²) < 4.78 is 6.28. The summed E-state index contributed by atoms with van der Waals surface area (Å²) in [6, 6.07) is 80.8. The van der Waals surface area contributed by atoms with Gasteiger partial charge in [-0.15, -0.1) is 0 Å². The van der Waals surface area contributed by atoms with Crippen LogP contribution in [0.15, 0.2) is 229 Å². The molecule has 0 fully saturated rings. The SMILES string of the molecule is c1ccc(-c2ccc(N(c3ccc(-c4cccc5oc6ccccc6c45)cc3)c3cccc(-c4cc5ccccc5c5ccccc45)c3-c3ccccc3)cc2)cc1. The van der Waals surface area contributed by atoms with Crippen LogP contribution in [0.4, 0.5) is 17.1 Å². The number of benzene rings is 10. The molecule has 0 atom stereocenters. The zero-order valence-electron chi connectivity index (χ0n) is 31.7. The molecule has 0 amide bonds. The fourth-order valence-electron chi connectivity index (χ4n) is 8.80. The van der Waals surface area contributed by atoms with Crippen molar-refractivity contribution in [3.8, 4) is 44.5 Å². The summed E-state index contributed by atoms with van der Waals surface area (Å²) >= 11 is 0. The van der Waals surface area contributed by atoms with E-state index in [9.17, 15) is 0 Å². The van der Waals surface area contributed by atoms with Gasteiger partial charge in [-0.25, -0.2) is 0 Å². The lowest BCUT2D eigenvalue weighted by Gasteiger charge is -2.30. The van der Waals surface area contributed by atoms with E-state index in [2.05, 4.69) is 217 Å². The van der Waals surface area contributed by atoms with Gasteiger partial charge in [-0.1, -0.05) is 176 Å². The van der Waals surface area contributed by atoms with Crippen LogP contribution in [-0.2, 0) is 0 Å². The number of anilines is 3. The predicted molar refractivity (Wildman–Crippen MR) is 245 cm³/mol. The van der Waals surface area contributed by atoms with Crippen molar-refractivity contribution >= 4 is 60.5 Å². The minimum atomic E-state index is 0.897. The van der Waals surface area contributed by atoms with Gasteiger partial charge in [0.25, 0.3) is 0 Å². The zero-order chi connectivity index (χ0) is 38.4. The molecular weight excluding hydrogens is 703 g/mol. The van der Waals surface area contributed by atoms with Crippen molar-refractivity contribution < 1.29 is 4.42 Å². The van der Waals surface area contributed by atoms with Crippen molar-refractivity contribution in [2.75, 3.05) is 4.90 Å². The lowest BCUT2D eigenvalue weighted by Crippen LogP contribution is -2.12. The van der Waals surface area contributed by atoms with Gasteiger partial charge in [0.2, 0.25) is 0 Å². The Kier molecular flexibility index (Phi) is 8.19. The highest BCUT2D eigenvalue weighted by Crippen LogP contribution is 2.48. The number of para-hydroxylation sites is 1. The first-order valence-electron chi connectivity index (χ1n) is 19.8. The molecule has 10 aromatic carbocycles. The van der Waals surface area contributed by atoms with E-state index >= 15 is 0 Å². The van der Waals surface area contributed by atoms with Gasteiger partial charge < -0.3 is 9.32 Å². The van der Waals surface area contributed by atoms with Crippen LogP contribution in [0.1, 0.15) is 0 Å². The molecule has 11 rings (SSSR count). The molecule has 272 valence electrons. The molecule has 2 nitrogen and oxygen atoms in total. The van der Waals surface area contributed by atoms with E-state index < -0.39 is 0 Å². The first kappa shape index (κ1) is 33.6. The monoisotopic (exact) mass is 739 g/mol. The van der Waals surface area contributed by atoms with E-state index in [1.807, 2.05) is 12.1 Å². The van der Waals surface area contributed by atoms with Crippen LogP contribution >= 0.6 is 0 Å². The molecule has 58 heavy (non-hydrogen) atoms. The first-order valence-corrected chi connectivity index (χ1v) is 19.8. The van der Waals surface area contributed by atoms with Crippen LogP contribution in [0.5, 0.6) is 0 Å². The van der Waals surface area contributed by atoms with Gasteiger partial charge >= 0.3 is 0 Å². The van der Waals surface area contributed by atoms with Gasteiger partial charge in [-0.3, -0.25) is 0 Å². The van der Waals surface area contributed by atoms with Gasteiger partial charge in [0, 0.05) is 27.7 Å². The van der Waals surface area contributed by atoms with Gasteiger partial charge in [0.1, 0.15) is 11.2 Å². The summed E-state index contributed by atoms with van der Waals surface area (Å²) in [6.45, 7) is 0. The lowest BCUT2D eigenvalue weighted by atomic mass is 9.87. The number of hydrogen-bond donors (Lipinski definition) is 0. The number of hydrogen-bond acceptors (Lipinski definition) is 2. The van der Waals surface area contributed by atoms with Crippen molar-refractivity contribution in [3.05, 3.63) is 224 Å². The molecule has 0 radical (unpaired) electrons. The summed E-state index contributed by atoms with van der Waals surface area (Å²) in [7, 11) is 0. The normalized spacial score (nSPS) is 11.4. The lowest BCUT2D eigenvalue weighted by molar-refractivity contribution is 0.669. The van der Waals surface area contributed by atoms with Crippen molar-refractivity contribution in [1.29, 1.82) is 0 Å². The summed E-state index contributed by atoms with van der Waals surface area (Å²) in [5, 5.41) is 7.25. The molecule has 0 saturated heterocycles. The van der Waals surface area contributed by atoms with E-state index in [0.717, 1.165) is 55.7 Å². The van der Waals surface area contributed by atoms with Gasteiger partial charge in [0.05, 0.1) is 5.69 Å². The largest absolute Gasteiger partial charge is 0.456 e. The molecule has 1 aromatic heterocycles. The second-order valence-electron chi connectivity index (χ2n) is 14.8. The Balaban J connectivity index is 1.14. The molecule has 0 aliphatic heterocycles. The maximum atomic E-state index is 6.28. The molecular formula is C56H37NO. The van der Waals surface area contributed by atoms with Crippen LogP contribution < -0.4 is 4.90 Å². The maximum absolute atomic E-state index is 6.28. The Hall–Kier alpha value is -7.68. The van der Waals surface area contributed by atoms with E-state index in [0.29, 0.717) is 0 Å². The Morgan fingerprint density at radius 3 is 1.59 bits per heavy atom. The average Bonchev–Trinajstić information content (AvgIpc) is 3.69. The fourth-order valence-corrected chi connectivity index (χ4v) is 8.80. The van der Waals surface area contributed by atoms with E-state index in [4.69, 9.17) is 4.42 Å². The Morgan fingerprint density at radius 2 is 0.845 bits per heavy atom. The molecule has 0 aliphatic rings. The van der Waals surface area contributed by atoms with Crippen molar-refractivity contribution in [2.45, 2.75) is 0 Å². The van der Waals surface area contributed by atoms with E-state index in [1.54, 1.807) is 0 Å². The highest BCUT2D eigenvalue weighted by atomic mass is 16.3. The van der Waals surface area contributed by atoms with Crippen LogP contribution in [0.2, 0.25) is 0 Å². The van der Waals surface area contributed by atoms with Crippen LogP contribution in [0.3, 0.4) is 0 Å². The third kappa shape index (κ3) is 5.74. The summed E-state index contributed by atoms with van der Waals surface area (Å²) in [6.07, 6.45) is 0. The van der Waals surface area contributed by atoms with Gasteiger partial charge in [-0.05, 0) is 109 Å². The highest BCUT2D eigenvalue weighted by molar-refractivity contribution is 6.16. The van der Waals surface area contributed by atoms with Crippen molar-refractivity contribution in [3.63, 3.8) is 0 Å². The summed E-state index contributed by atoms with van der Waals surface area (Å²) in [5.74, 6) is 0. The minimum Gasteiger partial charge on any atom is -0.456 e. The molecule has 0 saturated carbocycles. The van der Waals surface area contributed by atoms with Crippen LogP contribution in [0.25, 0.3) is 88.0 Å². The smallest absolute Gasteiger partial charge is 0.136 e. The van der Waals surface area contributed by atoms with E-state index in [-0.39, 0.29) is 0 Å². The van der Waals surface area contributed by atoms with E-state index in [1.165, 1.54) is 49.4 Å². The Labute approximate surface area is 337 Å². The van der Waals surface area contributed by atoms with Gasteiger partial charge in [-0.2, -0.15) is 0 Å². The van der Waals surface area contributed by atoms with Crippen LogP contribution in [0, 0.1) is 0 Å². The molecule has 0 unspecified atom stereocenters. The second-order valence-corrected chi connectivity index (χ2v) is 14.8. The zero-order valence-corrected chi connectivity index (χ0v) is 31.7. The standard InChI is InChI=1S/C56H37NO/c1-3-15-38(16-4-1)39-29-33-43(34-30-39)57(44-35-31-40(32-36-44)46-24-14-28-54-56(46)50-23-11-12-27-53(50)58-54)52-26-13-25-49(55(52)41-17-5-2-6-18-41)51-37-42-19-7-8-20-45(42)47-21-9-10-22-48(47)51/h1-37H. The Bertz CT molecular complexity index is 3250. The van der Waals surface area contributed by atoms with Crippen molar-refractivity contribution in [2.24, 2.45) is 0 Å². The topological polar surface area (TPSA) is 16.4 Å². The quantitative estimate of drug-likeness (QED) is 0.151. The molecule has 0 spiro atoms. The molecule has 0 aliphatic carbocycles. The number of fused-ring (bicyclic) bond motifs is 6. The van der Waals surface area contributed by atoms with Gasteiger partial charge in [0.15, 0.2) is 0 Å².